The van der Waals surface area contributed by atoms with Crippen molar-refractivity contribution in [3.8, 4) is 11.5 Å². The zero-order valence-electron chi connectivity index (χ0n) is 18.4. The van der Waals surface area contributed by atoms with Crippen LogP contribution in [-0.2, 0) is 4.79 Å². The van der Waals surface area contributed by atoms with Crippen LogP contribution in [0.3, 0.4) is 0 Å². The normalized spacial score (nSPS) is 14.6. The van der Waals surface area contributed by atoms with Gasteiger partial charge in [-0.1, -0.05) is 6.92 Å². The van der Waals surface area contributed by atoms with Crippen molar-refractivity contribution < 1.29 is 28.8 Å². The average molecular weight is 596 g/mol. The Morgan fingerprint density at radius 1 is 1.18 bits per heavy atom. The van der Waals surface area contributed by atoms with Gasteiger partial charge in [-0.05, 0) is 83.6 Å². The number of non-ortho nitro benzene ring substituents is 1. The second-order valence-corrected chi connectivity index (χ2v) is 9.26. The van der Waals surface area contributed by atoms with Crippen LogP contribution in [0, 0.1) is 13.7 Å². The van der Waals surface area contributed by atoms with Gasteiger partial charge < -0.3 is 9.47 Å². The molecule has 0 atom stereocenters. The number of rotatable bonds is 10. The number of Topliss-reactive ketones (excluding diaryl/α,β-unsaturated/α-hetero) is 1. The number of thioether (sulfide) groups is 1. The molecule has 3 rings (SSSR count). The van der Waals surface area contributed by atoms with Gasteiger partial charge in [0.25, 0.3) is 16.8 Å². The van der Waals surface area contributed by atoms with Gasteiger partial charge in [0.1, 0.15) is 0 Å². The third-order valence-electron chi connectivity index (χ3n) is 4.66. The Balaban J connectivity index is 1.80. The Hall–Kier alpha value is -2.93. The minimum atomic E-state index is -0.579. The van der Waals surface area contributed by atoms with Crippen LogP contribution in [0.2, 0.25) is 0 Å². The highest BCUT2D eigenvalue weighted by Crippen LogP contribution is 2.37. The molecule has 2 amide bonds. The molecule has 0 bridgehead atoms. The number of amides is 2. The van der Waals surface area contributed by atoms with Crippen LogP contribution >= 0.6 is 34.4 Å². The van der Waals surface area contributed by atoms with E-state index in [1.807, 2.05) is 19.9 Å². The molecular formula is C23H21IN2O7S. The maximum absolute atomic E-state index is 12.9. The number of halogens is 1. The summed E-state index contributed by atoms with van der Waals surface area (Å²) in [5.41, 5.74) is 0.675. The number of hydrogen-bond acceptors (Lipinski definition) is 8. The van der Waals surface area contributed by atoms with E-state index in [2.05, 4.69) is 22.6 Å². The molecule has 1 fully saturated rings. The number of benzene rings is 2. The third-order valence-corrected chi connectivity index (χ3v) is 6.36. The maximum atomic E-state index is 12.9. The van der Waals surface area contributed by atoms with Crippen molar-refractivity contribution in [1.82, 2.24) is 4.90 Å². The van der Waals surface area contributed by atoms with E-state index in [1.54, 1.807) is 12.1 Å². The van der Waals surface area contributed by atoms with Crippen LogP contribution in [0.4, 0.5) is 10.5 Å². The molecule has 1 saturated heterocycles. The van der Waals surface area contributed by atoms with Gasteiger partial charge in [0.05, 0.1) is 33.2 Å². The Kier molecular flexibility index (Phi) is 8.67. The van der Waals surface area contributed by atoms with Gasteiger partial charge >= 0.3 is 0 Å². The first kappa shape index (κ1) is 25.7. The van der Waals surface area contributed by atoms with E-state index in [4.69, 9.17) is 9.47 Å². The number of carbonyl (C=O) groups is 3. The predicted octanol–water partition coefficient (Wildman–Crippen LogP) is 5.31. The summed E-state index contributed by atoms with van der Waals surface area (Å²) < 4.78 is 12.3. The van der Waals surface area contributed by atoms with Crippen molar-refractivity contribution in [2.75, 3.05) is 19.8 Å². The fourth-order valence-electron chi connectivity index (χ4n) is 3.07. The summed E-state index contributed by atoms with van der Waals surface area (Å²) in [6.45, 7) is 4.38. The number of nitrogens with zero attached hydrogens (tertiary/aromatic N) is 2. The molecule has 0 aromatic heterocycles. The zero-order valence-corrected chi connectivity index (χ0v) is 21.4. The standard InChI is InChI=1S/C23H21IN2O7S/c1-3-9-33-21-17(24)10-14(11-19(21)32-4-2)12-20-22(28)25(23(29)34-20)13-18(27)15-5-7-16(8-6-15)26(30)31/h5-8,10-12H,3-4,9,13H2,1-2H3/b20-12-. The number of carbonyl (C=O) groups excluding carboxylic acids is 3. The summed E-state index contributed by atoms with van der Waals surface area (Å²) in [7, 11) is 0. The molecule has 2 aromatic carbocycles. The van der Waals surface area contributed by atoms with Crippen molar-refractivity contribution in [3.05, 3.63) is 66.1 Å². The molecule has 0 saturated carbocycles. The lowest BCUT2D eigenvalue weighted by molar-refractivity contribution is -0.384. The highest BCUT2D eigenvalue weighted by Gasteiger charge is 2.36. The van der Waals surface area contributed by atoms with Gasteiger partial charge in [0.15, 0.2) is 17.3 Å². The number of nitro groups is 1. The molecule has 0 aliphatic carbocycles. The average Bonchev–Trinajstić information content (AvgIpc) is 3.06. The number of ketones is 1. The molecule has 1 aliphatic rings. The summed E-state index contributed by atoms with van der Waals surface area (Å²) in [4.78, 5) is 49.1. The summed E-state index contributed by atoms with van der Waals surface area (Å²) >= 11 is 2.88. The quantitative estimate of drug-likeness (QED) is 0.119. The van der Waals surface area contributed by atoms with E-state index < -0.39 is 28.4 Å². The zero-order chi connectivity index (χ0) is 24.8. The highest BCUT2D eigenvalue weighted by molar-refractivity contribution is 14.1. The van der Waals surface area contributed by atoms with E-state index >= 15 is 0 Å². The first-order chi connectivity index (χ1) is 16.2. The number of nitro benzene ring substituents is 1. The lowest BCUT2D eigenvalue weighted by atomic mass is 10.1. The van der Waals surface area contributed by atoms with Crippen molar-refractivity contribution >= 4 is 63.0 Å². The van der Waals surface area contributed by atoms with Gasteiger partial charge in [-0.2, -0.15) is 0 Å². The van der Waals surface area contributed by atoms with Crippen LogP contribution in [0.25, 0.3) is 6.08 Å². The Labute approximate surface area is 213 Å². The van der Waals surface area contributed by atoms with Crippen LogP contribution in [0.15, 0.2) is 41.3 Å². The summed E-state index contributed by atoms with van der Waals surface area (Å²) in [5, 5.41) is 10.2. The van der Waals surface area contributed by atoms with Crippen molar-refractivity contribution in [3.63, 3.8) is 0 Å². The molecular weight excluding hydrogens is 575 g/mol. The molecule has 0 spiro atoms. The van der Waals surface area contributed by atoms with Gasteiger partial charge in [-0.15, -0.1) is 0 Å². The van der Waals surface area contributed by atoms with Crippen LogP contribution in [-0.4, -0.2) is 46.5 Å². The monoisotopic (exact) mass is 596 g/mol. The van der Waals surface area contributed by atoms with E-state index in [-0.39, 0.29) is 16.2 Å². The number of ether oxygens (including phenoxy) is 2. The highest BCUT2D eigenvalue weighted by atomic mass is 127. The van der Waals surface area contributed by atoms with E-state index in [9.17, 15) is 24.5 Å². The SMILES string of the molecule is CCCOc1c(I)cc(/C=C2\SC(=O)N(CC(=O)c3ccc([N+](=O)[O-])cc3)C2=O)cc1OCC. The minimum absolute atomic E-state index is 0.155. The second-order valence-electron chi connectivity index (χ2n) is 7.11. The first-order valence-corrected chi connectivity index (χ1v) is 12.3. The molecule has 34 heavy (non-hydrogen) atoms. The predicted molar refractivity (Wildman–Crippen MR) is 136 cm³/mol. The first-order valence-electron chi connectivity index (χ1n) is 10.4. The van der Waals surface area contributed by atoms with E-state index in [0.29, 0.717) is 30.3 Å². The molecule has 11 heteroatoms. The van der Waals surface area contributed by atoms with Crippen LogP contribution in [0.5, 0.6) is 11.5 Å². The largest absolute Gasteiger partial charge is 0.490 e. The van der Waals surface area contributed by atoms with Crippen LogP contribution < -0.4 is 9.47 Å². The Morgan fingerprint density at radius 3 is 2.50 bits per heavy atom. The van der Waals surface area contributed by atoms with Crippen LogP contribution in [0.1, 0.15) is 36.2 Å². The van der Waals surface area contributed by atoms with Gasteiger partial charge in [-0.3, -0.25) is 29.4 Å². The van der Waals surface area contributed by atoms with Crippen molar-refractivity contribution in [2.24, 2.45) is 0 Å². The summed E-state index contributed by atoms with van der Waals surface area (Å²) in [6, 6.07) is 8.57. The van der Waals surface area contributed by atoms with Gasteiger partial charge in [0, 0.05) is 17.7 Å². The molecule has 178 valence electrons. The fourth-order valence-corrected chi connectivity index (χ4v) is 4.69. The smallest absolute Gasteiger partial charge is 0.293 e. The fraction of sp³-hybridized carbons (Fsp3) is 0.261. The second kappa shape index (κ2) is 11.5. The summed E-state index contributed by atoms with van der Waals surface area (Å²) in [6.07, 6.45) is 2.42. The lowest BCUT2D eigenvalue weighted by Crippen LogP contribution is -2.33. The molecule has 1 aliphatic heterocycles. The molecule has 0 radical (unpaired) electrons. The third kappa shape index (κ3) is 5.95. The Bertz CT molecular complexity index is 1160. The molecule has 9 nitrogen and oxygen atoms in total. The van der Waals surface area contributed by atoms with Gasteiger partial charge in [-0.25, -0.2) is 0 Å². The number of imide groups is 1. The van der Waals surface area contributed by atoms with Gasteiger partial charge in [0.2, 0.25) is 0 Å². The van der Waals surface area contributed by atoms with E-state index in [0.717, 1.165) is 26.7 Å². The number of hydrogen-bond donors (Lipinski definition) is 0. The molecule has 2 aromatic rings. The maximum Gasteiger partial charge on any atom is 0.293 e. The molecule has 0 unspecified atom stereocenters. The topological polar surface area (TPSA) is 116 Å². The lowest BCUT2D eigenvalue weighted by Gasteiger charge is -2.14. The minimum Gasteiger partial charge on any atom is -0.490 e. The molecule has 1 heterocycles. The van der Waals surface area contributed by atoms with E-state index in [1.165, 1.54) is 24.3 Å². The van der Waals surface area contributed by atoms with Crippen molar-refractivity contribution in [2.45, 2.75) is 20.3 Å². The Morgan fingerprint density at radius 2 is 1.88 bits per heavy atom. The van der Waals surface area contributed by atoms with Crippen molar-refractivity contribution in [1.29, 1.82) is 0 Å². The molecule has 0 N–H and O–H groups in total. The summed E-state index contributed by atoms with van der Waals surface area (Å²) in [5.74, 6) is 0.0959.